The third kappa shape index (κ3) is 3.61. The Labute approximate surface area is 151 Å². The predicted molar refractivity (Wildman–Crippen MR) is 100 cm³/mol. The molecule has 1 aliphatic rings. The lowest BCUT2D eigenvalue weighted by molar-refractivity contribution is 0.246. The van der Waals surface area contributed by atoms with Crippen molar-refractivity contribution in [2.75, 3.05) is 31.1 Å². The van der Waals surface area contributed by atoms with Crippen LogP contribution in [0.3, 0.4) is 0 Å². The van der Waals surface area contributed by atoms with Gasteiger partial charge in [-0.15, -0.1) is 0 Å². The van der Waals surface area contributed by atoms with Crippen LogP contribution in [-0.4, -0.2) is 36.1 Å². The van der Waals surface area contributed by atoms with E-state index in [1.165, 1.54) is 11.1 Å². The van der Waals surface area contributed by atoms with Crippen LogP contribution in [0.5, 0.6) is 0 Å². The Kier molecular flexibility index (Phi) is 5.17. The molecule has 1 fully saturated rings. The molecule has 124 valence electrons. The molecule has 1 aliphatic heterocycles. The minimum Gasteiger partial charge on any atom is -0.368 e. The zero-order valence-corrected chi connectivity index (χ0v) is 15.7. The van der Waals surface area contributed by atoms with Crippen molar-refractivity contribution in [1.29, 1.82) is 5.26 Å². The van der Waals surface area contributed by atoms with E-state index in [1.54, 1.807) is 0 Å². The van der Waals surface area contributed by atoms with E-state index in [2.05, 4.69) is 56.7 Å². The summed E-state index contributed by atoms with van der Waals surface area (Å²) >= 11 is 3.53. The Morgan fingerprint density at radius 1 is 1.12 bits per heavy atom. The summed E-state index contributed by atoms with van der Waals surface area (Å²) in [7, 11) is 0. The number of hydrogen-bond donors (Lipinski definition) is 0. The Balaban J connectivity index is 1.66. The summed E-state index contributed by atoms with van der Waals surface area (Å²) in [6.07, 6.45) is 0. The number of nitriles is 1. The zero-order chi connectivity index (χ0) is 17.1. The maximum atomic E-state index is 9.28. The van der Waals surface area contributed by atoms with Gasteiger partial charge in [0.2, 0.25) is 0 Å². The highest BCUT2D eigenvalue weighted by molar-refractivity contribution is 9.10. The van der Waals surface area contributed by atoms with Gasteiger partial charge in [0, 0.05) is 32.7 Å². The quantitative estimate of drug-likeness (QED) is 0.757. The Morgan fingerprint density at radius 3 is 2.54 bits per heavy atom. The van der Waals surface area contributed by atoms with Gasteiger partial charge in [0.1, 0.15) is 10.7 Å². The van der Waals surface area contributed by atoms with E-state index in [0.717, 1.165) is 54.3 Å². The summed E-state index contributed by atoms with van der Waals surface area (Å²) in [5.74, 6) is 0. The first-order valence-electron chi connectivity index (χ1n) is 8.17. The van der Waals surface area contributed by atoms with Crippen molar-refractivity contribution < 1.29 is 0 Å². The minimum atomic E-state index is 0.755. The molecule has 0 bridgehead atoms. The molecule has 0 unspecified atom stereocenters. The Bertz CT molecular complexity index is 773. The first kappa shape index (κ1) is 16.9. The van der Waals surface area contributed by atoms with Crippen molar-refractivity contribution in [3.63, 3.8) is 0 Å². The van der Waals surface area contributed by atoms with E-state index < -0.39 is 0 Å². The van der Waals surface area contributed by atoms with Crippen molar-refractivity contribution >= 4 is 21.6 Å². The minimum absolute atomic E-state index is 0.755. The topological polar surface area (TPSA) is 43.2 Å². The summed E-state index contributed by atoms with van der Waals surface area (Å²) in [4.78, 5) is 9.43. The van der Waals surface area contributed by atoms with Crippen molar-refractivity contribution in [3.8, 4) is 6.07 Å². The van der Waals surface area contributed by atoms with Crippen molar-refractivity contribution in [3.05, 3.63) is 57.3 Å². The van der Waals surface area contributed by atoms with Gasteiger partial charge in [-0.2, -0.15) is 5.26 Å². The van der Waals surface area contributed by atoms with Crippen LogP contribution in [0.15, 0.2) is 34.9 Å². The second kappa shape index (κ2) is 7.33. The number of para-hydroxylation sites is 1. The van der Waals surface area contributed by atoms with Gasteiger partial charge in [-0.25, -0.2) is 4.98 Å². The number of piperazine rings is 1. The SMILES string of the molecule is Cc1cc(C)c(CN2CCN(c3ccccc3C#N)CC2)nc1Br. The number of rotatable bonds is 3. The molecule has 0 amide bonds. The normalized spacial score (nSPS) is 15.3. The van der Waals surface area contributed by atoms with Gasteiger partial charge in [0.05, 0.1) is 16.9 Å². The zero-order valence-electron chi connectivity index (χ0n) is 14.1. The second-order valence-corrected chi connectivity index (χ2v) is 7.00. The first-order chi connectivity index (χ1) is 11.6. The maximum absolute atomic E-state index is 9.28. The van der Waals surface area contributed by atoms with Crippen LogP contribution >= 0.6 is 15.9 Å². The second-order valence-electron chi connectivity index (χ2n) is 6.25. The fourth-order valence-electron chi connectivity index (χ4n) is 3.13. The van der Waals surface area contributed by atoms with E-state index >= 15 is 0 Å². The van der Waals surface area contributed by atoms with Crippen LogP contribution < -0.4 is 4.90 Å². The van der Waals surface area contributed by atoms with E-state index in [4.69, 9.17) is 0 Å². The molecule has 2 aromatic rings. The number of halogens is 1. The molecular formula is C19H21BrN4. The van der Waals surface area contributed by atoms with Crippen molar-refractivity contribution in [1.82, 2.24) is 9.88 Å². The van der Waals surface area contributed by atoms with Crippen LogP contribution in [0.1, 0.15) is 22.4 Å². The first-order valence-corrected chi connectivity index (χ1v) is 8.97. The van der Waals surface area contributed by atoms with Crippen LogP contribution in [0.4, 0.5) is 5.69 Å². The van der Waals surface area contributed by atoms with Gasteiger partial charge in [-0.1, -0.05) is 18.2 Å². The maximum Gasteiger partial charge on any atom is 0.109 e. The lowest BCUT2D eigenvalue weighted by Gasteiger charge is -2.36. The summed E-state index contributed by atoms with van der Waals surface area (Å²) < 4.78 is 0.935. The summed E-state index contributed by atoms with van der Waals surface area (Å²) in [6, 6.07) is 12.3. The average Bonchev–Trinajstić information content (AvgIpc) is 2.60. The average molecular weight is 385 g/mol. The number of anilines is 1. The molecule has 1 saturated heterocycles. The van der Waals surface area contributed by atoms with Crippen LogP contribution in [0.25, 0.3) is 0 Å². The van der Waals surface area contributed by atoms with Gasteiger partial charge in [-0.3, -0.25) is 4.90 Å². The van der Waals surface area contributed by atoms with Gasteiger partial charge < -0.3 is 4.90 Å². The molecule has 0 aliphatic carbocycles. The number of benzene rings is 1. The van der Waals surface area contributed by atoms with Crippen LogP contribution in [0.2, 0.25) is 0 Å². The van der Waals surface area contributed by atoms with E-state index in [9.17, 15) is 5.26 Å². The lowest BCUT2D eigenvalue weighted by atomic mass is 10.1. The Morgan fingerprint density at radius 2 is 1.83 bits per heavy atom. The molecule has 24 heavy (non-hydrogen) atoms. The van der Waals surface area contributed by atoms with E-state index in [-0.39, 0.29) is 0 Å². The van der Waals surface area contributed by atoms with Gasteiger partial charge >= 0.3 is 0 Å². The molecule has 3 rings (SSSR count). The number of hydrogen-bond acceptors (Lipinski definition) is 4. The third-order valence-electron chi connectivity index (χ3n) is 4.56. The molecule has 4 nitrogen and oxygen atoms in total. The summed E-state index contributed by atoms with van der Waals surface area (Å²) in [5, 5.41) is 9.28. The number of pyridine rings is 1. The summed E-state index contributed by atoms with van der Waals surface area (Å²) in [6.45, 7) is 8.90. The highest BCUT2D eigenvalue weighted by Gasteiger charge is 2.20. The molecule has 2 heterocycles. The van der Waals surface area contributed by atoms with Gasteiger partial charge in [0.15, 0.2) is 0 Å². The van der Waals surface area contributed by atoms with Gasteiger partial charge in [0.25, 0.3) is 0 Å². The molecule has 1 aromatic carbocycles. The standard InChI is InChI=1S/C19H21BrN4/c1-14-11-15(2)19(20)22-17(14)13-23-7-9-24(10-8-23)18-6-4-3-5-16(18)12-21/h3-6,11H,7-10,13H2,1-2H3. The highest BCUT2D eigenvalue weighted by atomic mass is 79.9. The smallest absolute Gasteiger partial charge is 0.109 e. The number of nitrogens with zero attached hydrogens (tertiary/aromatic N) is 4. The fraction of sp³-hybridized carbons (Fsp3) is 0.368. The number of aryl methyl sites for hydroxylation is 2. The number of aromatic nitrogens is 1. The highest BCUT2D eigenvalue weighted by Crippen LogP contribution is 2.22. The monoisotopic (exact) mass is 384 g/mol. The van der Waals surface area contributed by atoms with Crippen LogP contribution in [-0.2, 0) is 6.54 Å². The predicted octanol–water partition coefficient (Wildman–Crippen LogP) is 3.65. The fourth-order valence-corrected chi connectivity index (χ4v) is 3.45. The molecular weight excluding hydrogens is 364 g/mol. The Hall–Kier alpha value is -1.90. The third-order valence-corrected chi connectivity index (χ3v) is 5.36. The lowest BCUT2D eigenvalue weighted by Crippen LogP contribution is -2.46. The molecule has 5 heteroatoms. The molecule has 0 spiro atoms. The largest absolute Gasteiger partial charge is 0.368 e. The van der Waals surface area contributed by atoms with Crippen LogP contribution in [0, 0.1) is 25.2 Å². The van der Waals surface area contributed by atoms with Crippen molar-refractivity contribution in [2.24, 2.45) is 0 Å². The molecule has 0 atom stereocenters. The molecule has 0 N–H and O–H groups in total. The van der Waals surface area contributed by atoms with E-state index in [0.29, 0.717) is 0 Å². The summed E-state index contributed by atoms with van der Waals surface area (Å²) in [5.41, 5.74) is 5.36. The molecule has 1 aromatic heterocycles. The van der Waals surface area contributed by atoms with Crippen molar-refractivity contribution in [2.45, 2.75) is 20.4 Å². The molecule has 0 radical (unpaired) electrons. The van der Waals surface area contributed by atoms with E-state index in [1.807, 2.05) is 24.3 Å². The van der Waals surface area contributed by atoms with Gasteiger partial charge in [-0.05, 0) is 53.0 Å². The molecule has 0 saturated carbocycles.